The number of aromatic nitrogens is 1. The van der Waals surface area contributed by atoms with E-state index in [2.05, 4.69) is 32.8 Å². The van der Waals surface area contributed by atoms with Crippen LogP contribution in [0, 0.1) is 12.7 Å². The van der Waals surface area contributed by atoms with Crippen molar-refractivity contribution in [3.05, 3.63) is 66.1 Å². The average molecular weight is 617 g/mol. The Labute approximate surface area is 251 Å². The number of anilines is 2. The van der Waals surface area contributed by atoms with Crippen molar-refractivity contribution in [3.8, 4) is 0 Å². The van der Waals surface area contributed by atoms with Gasteiger partial charge in [0.15, 0.2) is 16.1 Å². The van der Waals surface area contributed by atoms with E-state index in [1.807, 2.05) is 42.3 Å². The van der Waals surface area contributed by atoms with Crippen LogP contribution in [-0.4, -0.2) is 79.6 Å². The Balaban J connectivity index is 0.000000279. The quantitative estimate of drug-likeness (QED) is 0.399. The molecule has 0 bridgehead atoms. The van der Waals surface area contributed by atoms with Crippen molar-refractivity contribution in [2.75, 3.05) is 36.5 Å². The van der Waals surface area contributed by atoms with E-state index in [1.54, 1.807) is 6.21 Å². The first-order chi connectivity index (χ1) is 20.3. The summed E-state index contributed by atoms with van der Waals surface area (Å²) in [7, 11) is -3.47. The fourth-order valence-corrected chi connectivity index (χ4v) is 6.78. The summed E-state index contributed by atoms with van der Waals surface area (Å²) in [5.74, 6) is -2.41. The van der Waals surface area contributed by atoms with Gasteiger partial charge >= 0.3 is 0 Å². The predicted molar refractivity (Wildman–Crippen MR) is 166 cm³/mol. The van der Waals surface area contributed by atoms with Crippen LogP contribution < -0.4 is 10.6 Å². The van der Waals surface area contributed by atoms with Gasteiger partial charge < -0.3 is 20.5 Å². The Hall–Kier alpha value is -3.51. The van der Waals surface area contributed by atoms with Crippen LogP contribution in [-0.2, 0) is 9.84 Å². The molecule has 0 amide bonds. The molecule has 1 aromatic heterocycles. The van der Waals surface area contributed by atoms with Gasteiger partial charge in [0, 0.05) is 74.1 Å². The number of alkyl halides is 2. The fourth-order valence-electron chi connectivity index (χ4n) is 6.15. The highest BCUT2D eigenvalue weighted by atomic mass is 32.2. The fraction of sp³-hybridized carbons (Fsp3) is 0.452. The van der Waals surface area contributed by atoms with Gasteiger partial charge in [-0.2, -0.15) is 0 Å². The molecule has 1 aliphatic carbocycles. The Morgan fingerprint density at radius 2 is 1.84 bits per heavy atom. The van der Waals surface area contributed by atoms with E-state index in [0.717, 1.165) is 23.7 Å². The number of aliphatic imine (C=N–C) groups is 1. The number of rotatable bonds is 4. The molecule has 2 fully saturated rings. The number of halogens is 3. The third kappa shape index (κ3) is 7.01. The lowest BCUT2D eigenvalue weighted by atomic mass is 9.91. The molecule has 3 N–H and O–H groups in total. The molecule has 43 heavy (non-hydrogen) atoms. The number of hydrogen-bond acceptors (Lipinski definition) is 7. The van der Waals surface area contributed by atoms with Gasteiger partial charge in [0.2, 0.25) is 5.92 Å². The van der Waals surface area contributed by atoms with Crippen LogP contribution in [0.1, 0.15) is 38.2 Å². The number of nitrogen functional groups attached to an aromatic ring is 1. The first-order valence-electron chi connectivity index (χ1n) is 14.5. The van der Waals surface area contributed by atoms with Gasteiger partial charge in [-0.15, -0.1) is 0 Å². The van der Waals surface area contributed by atoms with Crippen molar-refractivity contribution in [1.29, 1.82) is 0 Å². The lowest BCUT2D eigenvalue weighted by Gasteiger charge is -2.49. The van der Waals surface area contributed by atoms with Crippen LogP contribution in [0.5, 0.6) is 0 Å². The summed E-state index contributed by atoms with van der Waals surface area (Å²) < 4.78 is 65.3. The van der Waals surface area contributed by atoms with Crippen molar-refractivity contribution >= 4 is 38.5 Å². The smallest absolute Gasteiger partial charge is 0.248 e. The minimum Gasteiger partial charge on any atom is -0.385 e. The molecule has 1 saturated heterocycles. The van der Waals surface area contributed by atoms with Crippen LogP contribution in [0.25, 0.3) is 10.9 Å². The number of fused-ring (bicyclic) bond motifs is 1. The van der Waals surface area contributed by atoms with Crippen molar-refractivity contribution in [2.24, 2.45) is 4.99 Å². The molecule has 0 radical (unpaired) electrons. The molecule has 2 aromatic carbocycles. The summed E-state index contributed by atoms with van der Waals surface area (Å²) in [6, 6.07) is 12.1. The molecule has 2 aliphatic heterocycles. The average Bonchev–Trinajstić information content (AvgIpc) is 3.35. The van der Waals surface area contributed by atoms with E-state index in [4.69, 9.17) is 5.73 Å². The molecule has 6 rings (SSSR count). The Morgan fingerprint density at radius 1 is 1.09 bits per heavy atom. The van der Waals surface area contributed by atoms with E-state index in [0.29, 0.717) is 38.2 Å². The van der Waals surface area contributed by atoms with E-state index in [1.165, 1.54) is 23.1 Å². The van der Waals surface area contributed by atoms with Crippen LogP contribution in [0.2, 0.25) is 0 Å². The second-order valence-corrected chi connectivity index (χ2v) is 13.7. The molecule has 1 unspecified atom stereocenters. The third-order valence-electron chi connectivity index (χ3n) is 8.51. The Morgan fingerprint density at radius 3 is 2.49 bits per heavy atom. The molecule has 3 aliphatic rings. The van der Waals surface area contributed by atoms with E-state index < -0.39 is 21.6 Å². The first-order valence-corrected chi connectivity index (χ1v) is 16.4. The highest BCUT2D eigenvalue weighted by Gasteiger charge is 2.40. The number of piperazine rings is 1. The minimum absolute atomic E-state index is 0.0135. The van der Waals surface area contributed by atoms with Gasteiger partial charge in [-0.25, -0.2) is 21.6 Å². The SMILES string of the molecule is C[C@@H]1CN(c2ccc(S(C)(=O)=O)cc2F)CCN1C1N=CC=CN1C1CCC(F)(F)CC1.Cc1cccc2[nH]c(N)cc12. The van der Waals surface area contributed by atoms with Gasteiger partial charge in [0.05, 0.1) is 10.6 Å². The number of nitrogens with two attached hydrogens (primary N) is 1. The molecule has 1 saturated carbocycles. The topological polar surface area (TPSA) is 98.0 Å². The summed E-state index contributed by atoms with van der Waals surface area (Å²) in [5, 5.41) is 1.21. The zero-order valence-corrected chi connectivity index (χ0v) is 25.5. The summed E-state index contributed by atoms with van der Waals surface area (Å²) >= 11 is 0. The highest BCUT2D eigenvalue weighted by Crippen LogP contribution is 2.37. The molecular weight excluding hydrogens is 577 g/mol. The number of benzene rings is 2. The molecule has 3 heterocycles. The first kappa shape index (κ1) is 30.9. The molecule has 8 nitrogen and oxygen atoms in total. The maximum atomic E-state index is 14.7. The molecule has 3 aromatic rings. The zero-order valence-electron chi connectivity index (χ0n) is 24.7. The summed E-state index contributed by atoms with van der Waals surface area (Å²) in [6.45, 7) is 5.82. The van der Waals surface area contributed by atoms with Crippen LogP contribution in [0.15, 0.2) is 64.6 Å². The van der Waals surface area contributed by atoms with Crippen LogP contribution >= 0.6 is 0 Å². The Kier molecular flexibility index (Phi) is 8.80. The van der Waals surface area contributed by atoms with Gasteiger partial charge in [-0.3, -0.25) is 9.89 Å². The number of hydrogen-bond donors (Lipinski definition) is 2. The van der Waals surface area contributed by atoms with Crippen molar-refractivity contribution in [2.45, 2.75) is 68.7 Å². The standard InChI is InChI=1S/C22H29F3N4O2S.C9H10N2/c1-16-15-27(20-5-4-18(14-19(20)23)32(2,30)31)12-13-28(16)21-26-10-3-11-29(21)17-6-8-22(24,25)9-7-17;1-6-3-2-4-8-7(6)5-9(10)11-8/h3-5,10-11,14,16-17,21H,6-9,12-13,15H2,1-2H3;2-5,11H,10H2,1H3/t16-,21?;/m1./s1. The second kappa shape index (κ2) is 12.2. The van der Waals surface area contributed by atoms with Gasteiger partial charge in [0.1, 0.15) is 11.6 Å². The number of aryl methyl sites for hydroxylation is 1. The molecular formula is C31H39F3N6O2S. The van der Waals surface area contributed by atoms with Crippen molar-refractivity contribution in [1.82, 2.24) is 14.8 Å². The Bertz CT molecular complexity index is 1610. The number of aromatic amines is 1. The van der Waals surface area contributed by atoms with Crippen molar-refractivity contribution in [3.63, 3.8) is 0 Å². The summed E-state index contributed by atoms with van der Waals surface area (Å²) in [5.41, 5.74) is 8.35. The summed E-state index contributed by atoms with van der Waals surface area (Å²) in [6.07, 6.45) is 6.94. The van der Waals surface area contributed by atoms with Crippen molar-refractivity contribution < 1.29 is 21.6 Å². The van der Waals surface area contributed by atoms with E-state index >= 15 is 0 Å². The second-order valence-electron chi connectivity index (χ2n) is 11.7. The van der Waals surface area contributed by atoms with E-state index in [-0.39, 0.29) is 36.1 Å². The maximum absolute atomic E-state index is 14.7. The normalized spacial score (nSPS) is 22.9. The molecule has 12 heteroatoms. The summed E-state index contributed by atoms with van der Waals surface area (Å²) in [4.78, 5) is 13.9. The van der Waals surface area contributed by atoms with E-state index in [9.17, 15) is 21.6 Å². The monoisotopic (exact) mass is 616 g/mol. The largest absolute Gasteiger partial charge is 0.385 e. The number of sulfone groups is 1. The molecule has 232 valence electrons. The molecule has 0 spiro atoms. The number of allylic oxidation sites excluding steroid dienone is 1. The van der Waals surface area contributed by atoms with Crippen LogP contribution in [0.3, 0.4) is 0 Å². The third-order valence-corrected chi connectivity index (χ3v) is 9.62. The number of nitrogens with one attached hydrogen (secondary N) is 1. The van der Waals surface area contributed by atoms with Gasteiger partial charge in [0.25, 0.3) is 0 Å². The number of nitrogens with zero attached hydrogens (tertiary/aromatic N) is 4. The lowest BCUT2D eigenvalue weighted by molar-refractivity contribution is -0.0653. The predicted octanol–water partition coefficient (Wildman–Crippen LogP) is 5.56. The zero-order chi connectivity index (χ0) is 30.9. The molecule has 2 atom stereocenters. The maximum Gasteiger partial charge on any atom is 0.248 e. The number of H-pyrrole nitrogens is 1. The van der Waals surface area contributed by atoms with Gasteiger partial charge in [-0.05, 0) is 68.7 Å². The minimum atomic E-state index is -3.47. The lowest BCUT2D eigenvalue weighted by Crippen LogP contribution is -2.60. The van der Waals surface area contributed by atoms with Gasteiger partial charge in [-0.1, -0.05) is 12.1 Å². The highest BCUT2D eigenvalue weighted by molar-refractivity contribution is 7.90. The van der Waals surface area contributed by atoms with Crippen LogP contribution in [0.4, 0.5) is 24.7 Å².